The minimum Gasteiger partial charge on any atom is -0.497 e. The van der Waals surface area contributed by atoms with Crippen LogP contribution in [0.15, 0.2) is 36.4 Å². The van der Waals surface area contributed by atoms with Gasteiger partial charge in [0.15, 0.2) is 0 Å². The fourth-order valence-corrected chi connectivity index (χ4v) is 2.55. The molecule has 0 heterocycles. The highest BCUT2D eigenvalue weighted by molar-refractivity contribution is 5.99. The summed E-state index contributed by atoms with van der Waals surface area (Å²) in [6.07, 6.45) is 0.0170. The van der Waals surface area contributed by atoms with Crippen LogP contribution in [0.2, 0.25) is 0 Å². The lowest BCUT2D eigenvalue weighted by molar-refractivity contribution is -0.115. The third kappa shape index (κ3) is 5.00. The van der Waals surface area contributed by atoms with Crippen molar-refractivity contribution < 1.29 is 33.3 Å². The second-order valence-corrected chi connectivity index (χ2v) is 5.68. The second-order valence-electron chi connectivity index (χ2n) is 5.68. The highest BCUT2D eigenvalue weighted by atomic mass is 16.5. The van der Waals surface area contributed by atoms with E-state index in [1.165, 1.54) is 46.6 Å². The zero-order chi connectivity index (χ0) is 20.7. The molecule has 0 spiro atoms. The number of methoxy groups -OCH3 is 4. The first-order valence-electron chi connectivity index (χ1n) is 8.24. The van der Waals surface area contributed by atoms with Crippen molar-refractivity contribution in [3.05, 3.63) is 53.1 Å². The van der Waals surface area contributed by atoms with E-state index in [-0.39, 0.29) is 29.1 Å². The van der Waals surface area contributed by atoms with Gasteiger partial charge in [-0.05, 0) is 24.3 Å². The van der Waals surface area contributed by atoms with Gasteiger partial charge in [-0.2, -0.15) is 0 Å². The maximum absolute atomic E-state index is 12.5. The number of carbonyl (C=O) groups is 3. The molecule has 0 saturated carbocycles. The third-order valence-electron chi connectivity index (χ3n) is 3.90. The Morgan fingerprint density at radius 2 is 1.43 bits per heavy atom. The summed E-state index contributed by atoms with van der Waals surface area (Å²) in [4.78, 5) is 36.1. The first-order valence-corrected chi connectivity index (χ1v) is 8.24. The minimum atomic E-state index is -0.641. The molecule has 0 unspecified atom stereocenters. The van der Waals surface area contributed by atoms with Crippen LogP contribution >= 0.6 is 0 Å². The van der Waals surface area contributed by atoms with Gasteiger partial charge in [0.2, 0.25) is 5.91 Å². The normalized spacial score (nSPS) is 10.0. The Kier molecular flexibility index (Phi) is 6.97. The van der Waals surface area contributed by atoms with Crippen molar-refractivity contribution in [3.8, 4) is 11.5 Å². The summed E-state index contributed by atoms with van der Waals surface area (Å²) in [5, 5.41) is 2.67. The molecular weight excluding hydrogens is 366 g/mol. The fourth-order valence-electron chi connectivity index (χ4n) is 2.55. The van der Waals surface area contributed by atoms with Gasteiger partial charge < -0.3 is 24.3 Å². The lowest BCUT2D eigenvalue weighted by Gasteiger charge is -2.12. The van der Waals surface area contributed by atoms with E-state index < -0.39 is 11.9 Å². The van der Waals surface area contributed by atoms with Crippen LogP contribution in [0.25, 0.3) is 0 Å². The number of anilines is 1. The first kappa shape index (κ1) is 20.8. The van der Waals surface area contributed by atoms with Gasteiger partial charge in [-0.3, -0.25) is 4.79 Å². The van der Waals surface area contributed by atoms with Crippen molar-refractivity contribution in [1.82, 2.24) is 0 Å². The molecular formula is C20H21NO7. The van der Waals surface area contributed by atoms with Crippen molar-refractivity contribution >= 4 is 23.5 Å². The maximum atomic E-state index is 12.5. The number of amides is 1. The molecule has 0 aliphatic rings. The van der Waals surface area contributed by atoms with E-state index in [1.54, 1.807) is 18.2 Å². The topological polar surface area (TPSA) is 100 Å². The molecule has 0 aliphatic carbocycles. The summed E-state index contributed by atoms with van der Waals surface area (Å²) in [6.45, 7) is 0. The van der Waals surface area contributed by atoms with Crippen molar-refractivity contribution in [1.29, 1.82) is 0 Å². The number of carbonyl (C=O) groups excluding carboxylic acids is 3. The minimum absolute atomic E-state index is 0.0170. The van der Waals surface area contributed by atoms with Crippen LogP contribution in [-0.2, 0) is 20.7 Å². The Hall–Kier alpha value is -3.55. The largest absolute Gasteiger partial charge is 0.497 e. The van der Waals surface area contributed by atoms with Gasteiger partial charge in [0, 0.05) is 17.3 Å². The van der Waals surface area contributed by atoms with Gasteiger partial charge in [-0.1, -0.05) is 6.07 Å². The summed E-state index contributed by atoms with van der Waals surface area (Å²) >= 11 is 0. The van der Waals surface area contributed by atoms with Crippen LogP contribution in [0.4, 0.5) is 5.69 Å². The van der Waals surface area contributed by atoms with Gasteiger partial charge in [0.1, 0.15) is 11.5 Å². The number of rotatable bonds is 7. The highest BCUT2D eigenvalue weighted by Crippen LogP contribution is 2.25. The molecule has 0 atom stereocenters. The monoisotopic (exact) mass is 387 g/mol. The zero-order valence-electron chi connectivity index (χ0n) is 16.0. The lowest BCUT2D eigenvalue weighted by Crippen LogP contribution is -2.16. The molecule has 1 amide bonds. The molecule has 0 fully saturated rings. The van der Waals surface area contributed by atoms with Gasteiger partial charge in [0.05, 0.1) is 46.0 Å². The number of hydrogen-bond acceptors (Lipinski definition) is 7. The molecule has 1 N–H and O–H groups in total. The molecule has 2 rings (SSSR count). The SMILES string of the molecule is COC(=O)c1cc(NC(=O)Cc2ccc(OC)cc2OC)cc(C(=O)OC)c1. The Morgan fingerprint density at radius 1 is 0.821 bits per heavy atom. The van der Waals surface area contributed by atoms with Crippen LogP contribution in [0.5, 0.6) is 11.5 Å². The van der Waals surface area contributed by atoms with E-state index in [9.17, 15) is 14.4 Å². The number of esters is 2. The standard InChI is InChI=1S/C20H21NO7/c1-25-16-6-5-12(17(11-16)26-2)10-18(22)21-15-8-13(19(23)27-3)7-14(9-15)20(24)28-4/h5-9,11H,10H2,1-4H3,(H,21,22). The van der Waals surface area contributed by atoms with Crippen LogP contribution in [0.1, 0.15) is 26.3 Å². The molecule has 2 aromatic carbocycles. The number of benzene rings is 2. The van der Waals surface area contributed by atoms with Gasteiger partial charge >= 0.3 is 11.9 Å². The average Bonchev–Trinajstić information content (AvgIpc) is 2.72. The van der Waals surface area contributed by atoms with Crippen molar-refractivity contribution in [2.45, 2.75) is 6.42 Å². The number of nitrogens with one attached hydrogen (secondary N) is 1. The van der Waals surface area contributed by atoms with Crippen molar-refractivity contribution in [2.24, 2.45) is 0 Å². The number of ether oxygens (including phenoxy) is 4. The molecule has 0 radical (unpaired) electrons. The van der Waals surface area contributed by atoms with E-state index in [0.29, 0.717) is 17.1 Å². The highest BCUT2D eigenvalue weighted by Gasteiger charge is 2.16. The lowest BCUT2D eigenvalue weighted by atomic mass is 10.1. The summed E-state index contributed by atoms with van der Waals surface area (Å²) < 4.78 is 19.8. The molecule has 8 nitrogen and oxygen atoms in total. The number of hydrogen-bond donors (Lipinski definition) is 1. The predicted octanol–water partition coefficient (Wildman–Crippen LogP) is 2.46. The Bertz CT molecular complexity index is 858. The van der Waals surface area contributed by atoms with Gasteiger partial charge in [-0.25, -0.2) is 9.59 Å². The van der Waals surface area contributed by atoms with E-state index in [4.69, 9.17) is 9.47 Å². The van der Waals surface area contributed by atoms with Crippen molar-refractivity contribution in [2.75, 3.05) is 33.8 Å². The Labute approximate surface area is 162 Å². The summed E-state index contributed by atoms with van der Waals surface area (Å²) in [6, 6.07) is 9.29. The van der Waals surface area contributed by atoms with Gasteiger partial charge in [0.25, 0.3) is 0 Å². The predicted molar refractivity (Wildman–Crippen MR) is 101 cm³/mol. The molecule has 0 saturated heterocycles. The van der Waals surface area contributed by atoms with Gasteiger partial charge in [-0.15, -0.1) is 0 Å². The van der Waals surface area contributed by atoms with E-state index in [0.717, 1.165) is 0 Å². The van der Waals surface area contributed by atoms with E-state index in [1.807, 2.05) is 0 Å². The smallest absolute Gasteiger partial charge is 0.337 e. The van der Waals surface area contributed by atoms with Crippen LogP contribution in [0.3, 0.4) is 0 Å². The Balaban J connectivity index is 2.25. The molecule has 0 aromatic heterocycles. The molecule has 148 valence electrons. The molecule has 28 heavy (non-hydrogen) atoms. The van der Waals surface area contributed by atoms with Crippen molar-refractivity contribution in [3.63, 3.8) is 0 Å². The van der Waals surface area contributed by atoms with E-state index >= 15 is 0 Å². The average molecular weight is 387 g/mol. The Morgan fingerprint density at radius 3 is 1.93 bits per heavy atom. The summed E-state index contributed by atoms with van der Waals surface area (Å²) in [5.74, 6) is -0.528. The molecule has 0 aliphatic heterocycles. The second kappa shape index (κ2) is 9.40. The summed E-state index contributed by atoms with van der Waals surface area (Å²) in [7, 11) is 5.48. The zero-order valence-corrected chi connectivity index (χ0v) is 16.0. The summed E-state index contributed by atoms with van der Waals surface area (Å²) in [5.41, 5.74) is 1.14. The quantitative estimate of drug-likeness (QED) is 0.729. The fraction of sp³-hybridized carbons (Fsp3) is 0.250. The van der Waals surface area contributed by atoms with E-state index in [2.05, 4.69) is 14.8 Å². The first-order chi connectivity index (χ1) is 13.4. The molecule has 8 heteroatoms. The van der Waals surface area contributed by atoms with Crippen LogP contribution in [-0.4, -0.2) is 46.3 Å². The third-order valence-corrected chi connectivity index (χ3v) is 3.90. The van der Waals surface area contributed by atoms with Crippen LogP contribution < -0.4 is 14.8 Å². The molecule has 2 aromatic rings. The van der Waals surface area contributed by atoms with Crippen LogP contribution in [0, 0.1) is 0 Å². The molecule has 0 bridgehead atoms. The maximum Gasteiger partial charge on any atom is 0.337 e.